The summed E-state index contributed by atoms with van der Waals surface area (Å²) in [5.74, 6) is 0.850. The molecule has 4 heteroatoms. The number of pyridine rings is 1. The van der Waals surface area contributed by atoms with E-state index in [-0.39, 0.29) is 0 Å². The Morgan fingerprint density at radius 1 is 1.11 bits per heavy atom. The summed E-state index contributed by atoms with van der Waals surface area (Å²) in [5.41, 5.74) is 1.05. The number of hydrogen-bond donors (Lipinski definition) is 1. The van der Waals surface area contributed by atoms with Crippen LogP contribution in [-0.2, 0) is 0 Å². The molecule has 94 valence electrons. The number of thioether (sulfide) groups is 1. The Kier molecular flexibility index (Phi) is 4.66. The fourth-order valence-corrected chi connectivity index (χ4v) is 2.56. The lowest BCUT2D eigenvalue weighted by atomic mass is 10.3. The van der Waals surface area contributed by atoms with Crippen molar-refractivity contribution in [2.75, 3.05) is 5.32 Å². The summed E-state index contributed by atoms with van der Waals surface area (Å²) in [5, 5.41) is 3.88. The standard InChI is InChI=1S/C14H15BrN2S/c1-10(2)18-13-6-4-12(5-7-13)17-14-8-3-11(15)9-16-14/h3-10H,1-2H3,(H,16,17). The summed E-state index contributed by atoms with van der Waals surface area (Å²) in [6, 6.07) is 12.3. The molecule has 0 saturated carbocycles. The van der Waals surface area contributed by atoms with Crippen LogP contribution in [0.5, 0.6) is 0 Å². The monoisotopic (exact) mass is 322 g/mol. The number of rotatable bonds is 4. The molecule has 0 atom stereocenters. The topological polar surface area (TPSA) is 24.9 Å². The van der Waals surface area contributed by atoms with Gasteiger partial charge in [-0.3, -0.25) is 0 Å². The first-order chi connectivity index (χ1) is 8.63. The molecule has 18 heavy (non-hydrogen) atoms. The minimum atomic E-state index is 0.608. The zero-order valence-electron chi connectivity index (χ0n) is 10.4. The predicted octanol–water partition coefficient (Wildman–Crippen LogP) is 5.09. The molecule has 0 spiro atoms. The van der Waals surface area contributed by atoms with Crippen LogP contribution in [0.2, 0.25) is 0 Å². The first-order valence-electron chi connectivity index (χ1n) is 5.79. The number of nitrogens with zero attached hydrogens (tertiary/aromatic N) is 1. The summed E-state index contributed by atoms with van der Waals surface area (Å²) in [7, 11) is 0. The molecule has 1 aromatic carbocycles. The third-order valence-corrected chi connectivity index (χ3v) is 3.71. The Labute approximate surface area is 120 Å². The number of nitrogens with one attached hydrogen (secondary N) is 1. The number of anilines is 2. The average Bonchev–Trinajstić information content (AvgIpc) is 2.34. The molecule has 0 bridgehead atoms. The van der Waals surface area contributed by atoms with E-state index in [2.05, 4.69) is 64.3 Å². The molecule has 2 rings (SSSR count). The van der Waals surface area contributed by atoms with Crippen molar-refractivity contribution in [3.05, 3.63) is 47.1 Å². The lowest BCUT2D eigenvalue weighted by Crippen LogP contribution is -1.93. The van der Waals surface area contributed by atoms with Crippen molar-refractivity contribution in [1.29, 1.82) is 0 Å². The molecule has 0 aliphatic heterocycles. The van der Waals surface area contributed by atoms with Crippen molar-refractivity contribution in [3.8, 4) is 0 Å². The normalized spacial score (nSPS) is 10.7. The molecule has 1 heterocycles. The minimum Gasteiger partial charge on any atom is -0.340 e. The van der Waals surface area contributed by atoms with Gasteiger partial charge in [-0.2, -0.15) is 0 Å². The number of halogens is 1. The summed E-state index contributed by atoms with van der Waals surface area (Å²) in [6.45, 7) is 4.39. The van der Waals surface area contributed by atoms with Gasteiger partial charge in [0.05, 0.1) is 0 Å². The Morgan fingerprint density at radius 2 is 1.83 bits per heavy atom. The second kappa shape index (κ2) is 6.25. The lowest BCUT2D eigenvalue weighted by Gasteiger charge is -2.08. The van der Waals surface area contributed by atoms with E-state index in [9.17, 15) is 0 Å². The quantitative estimate of drug-likeness (QED) is 0.794. The first-order valence-corrected chi connectivity index (χ1v) is 7.46. The largest absolute Gasteiger partial charge is 0.340 e. The molecule has 0 radical (unpaired) electrons. The summed E-state index contributed by atoms with van der Waals surface area (Å²) >= 11 is 5.24. The van der Waals surface area contributed by atoms with Gasteiger partial charge in [0, 0.05) is 26.5 Å². The van der Waals surface area contributed by atoms with E-state index in [4.69, 9.17) is 0 Å². The second-order valence-electron chi connectivity index (χ2n) is 4.18. The Bertz CT molecular complexity index is 494. The smallest absolute Gasteiger partial charge is 0.130 e. The lowest BCUT2D eigenvalue weighted by molar-refractivity contribution is 1.11. The fraction of sp³-hybridized carbons (Fsp3) is 0.214. The van der Waals surface area contributed by atoms with E-state index < -0.39 is 0 Å². The van der Waals surface area contributed by atoms with E-state index >= 15 is 0 Å². The van der Waals surface area contributed by atoms with Gasteiger partial charge in [-0.1, -0.05) is 13.8 Å². The molecular weight excluding hydrogens is 308 g/mol. The van der Waals surface area contributed by atoms with Crippen LogP contribution in [0, 0.1) is 0 Å². The second-order valence-corrected chi connectivity index (χ2v) is 6.74. The Hall–Kier alpha value is -1.00. The third kappa shape index (κ3) is 4.03. The van der Waals surface area contributed by atoms with Crippen molar-refractivity contribution in [2.45, 2.75) is 24.0 Å². The Balaban J connectivity index is 2.04. The van der Waals surface area contributed by atoms with Gasteiger partial charge in [0.25, 0.3) is 0 Å². The van der Waals surface area contributed by atoms with Gasteiger partial charge in [-0.25, -0.2) is 4.98 Å². The predicted molar refractivity (Wildman–Crippen MR) is 82.7 cm³/mol. The van der Waals surface area contributed by atoms with Crippen LogP contribution >= 0.6 is 27.7 Å². The number of aromatic nitrogens is 1. The van der Waals surface area contributed by atoms with E-state index in [0.29, 0.717) is 5.25 Å². The summed E-state index contributed by atoms with van der Waals surface area (Å²) < 4.78 is 0.983. The van der Waals surface area contributed by atoms with Gasteiger partial charge >= 0.3 is 0 Å². The van der Waals surface area contributed by atoms with Crippen molar-refractivity contribution >= 4 is 39.2 Å². The van der Waals surface area contributed by atoms with Crippen molar-refractivity contribution in [1.82, 2.24) is 4.98 Å². The van der Waals surface area contributed by atoms with Crippen molar-refractivity contribution in [2.24, 2.45) is 0 Å². The van der Waals surface area contributed by atoms with Crippen LogP contribution in [-0.4, -0.2) is 10.2 Å². The van der Waals surface area contributed by atoms with Crippen molar-refractivity contribution in [3.63, 3.8) is 0 Å². The van der Waals surface area contributed by atoms with Gasteiger partial charge in [-0.15, -0.1) is 11.8 Å². The maximum Gasteiger partial charge on any atom is 0.130 e. The zero-order valence-corrected chi connectivity index (χ0v) is 12.8. The Morgan fingerprint density at radius 3 is 2.39 bits per heavy atom. The van der Waals surface area contributed by atoms with Gasteiger partial charge in [0.2, 0.25) is 0 Å². The molecule has 0 unspecified atom stereocenters. The number of benzene rings is 1. The molecule has 1 N–H and O–H groups in total. The maximum atomic E-state index is 4.28. The van der Waals surface area contributed by atoms with Gasteiger partial charge in [-0.05, 0) is 52.3 Å². The van der Waals surface area contributed by atoms with Crippen LogP contribution in [0.15, 0.2) is 52.0 Å². The maximum absolute atomic E-state index is 4.28. The highest BCUT2D eigenvalue weighted by Gasteiger charge is 1.99. The van der Waals surface area contributed by atoms with Crippen LogP contribution in [0.3, 0.4) is 0 Å². The molecule has 2 nitrogen and oxygen atoms in total. The van der Waals surface area contributed by atoms with E-state index in [1.54, 1.807) is 6.20 Å². The first kappa shape index (κ1) is 13.4. The fourth-order valence-electron chi connectivity index (χ4n) is 1.49. The van der Waals surface area contributed by atoms with Crippen molar-refractivity contribution < 1.29 is 0 Å². The van der Waals surface area contributed by atoms with Crippen LogP contribution in [0.1, 0.15) is 13.8 Å². The molecular formula is C14H15BrN2S. The summed E-state index contributed by atoms with van der Waals surface area (Å²) in [4.78, 5) is 5.57. The van der Waals surface area contributed by atoms with Gasteiger partial charge in [0.15, 0.2) is 0 Å². The molecule has 1 aromatic heterocycles. The van der Waals surface area contributed by atoms with E-state index in [1.165, 1.54) is 4.90 Å². The van der Waals surface area contributed by atoms with Crippen LogP contribution in [0.25, 0.3) is 0 Å². The highest BCUT2D eigenvalue weighted by molar-refractivity contribution is 9.10. The SMILES string of the molecule is CC(C)Sc1ccc(Nc2ccc(Br)cn2)cc1. The highest BCUT2D eigenvalue weighted by Crippen LogP contribution is 2.25. The molecule has 0 fully saturated rings. The zero-order chi connectivity index (χ0) is 13.0. The molecule has 0 amide bonds. The van der Waals surface area contributed by atoms with Gasteiger partial charge < -0.3 is 5.32 Å². The number of hydrogen-bond acceptors (Lipinski definition) is 3. The van der Waals surface area contributed by atoms with E-state index in [1.807, 2.05) is 23.9 Å². The van der Waals surface area contributed by atoms with Crippen LogP contribution in [0.4, 0.5) is 11.5 Å². The molecule has 0 aliphatic carbocycles. The third-order valence-electron chi connectivity index (χ3n) is 2.23. The summed E-state index contributed by atoms with van der Waals surface area (Å²) in [6.07, 6.45) is 1.78. The van der Waals surface area contributed by atoms with Crippen LogP contribution < -0.4 is 5.32 Å². The molecule has 2 aromatic rings. The van der Waals surface area contributed by atoms with Gasteiger partial charge in [0.1, 0.15) is 5.82 Å². The minimum absolute atomic E-state index is 0.608. The van der Waals surface area contributed by atoms with E-state index in [0.717, 1.165) is 16.0 Å². The highest BCUT2D eigenvalue weighted by atomic mass is 79.9. The average molecular weight is 323 g/mol. The molecule has 0 saturated heterocycles. The molecule has 0 aliphatic rings.